The molecule has 0 spiro atoms. The van der Waals surface area contributed by atoms with Crippen LogP contribution in [0.2, 0.25) is 0 Å². The predicted octanol–water partition coefficient (Wildman–Crippen LogP) is 4.71. The molecular formula is C22H19N5O2S2. The Morgan fingerprint density at radius 3 is 2.16 bits per heavy atom. The van der Waals surface area contributed by atoms with Crippen LogP contribution < -0.4 is 10.2 Å². The summed E-state index contributed by atoms with van der Waals surface area (Å²) in [7, 11) is 0. The molecule has 9 heteroatoms. The number of hydrogen-bond donors (Lipinski definition) is 1. The van der Waals surface area contributed by atoms with E-state index in [1.165, 1.54) is 22.7 Å². The monoisotopic (exact) mass is 449 g/mol. The zero-order chi connectivity index (χ0) is 21.8. The van der Waals surface area contributed by atoms with Crippen LogP contribution in [0.15, 0.2) is 59.7 Å². The first-order chi connectivity index (χ1) is 15.0. The van der Waals surface area contributed by atoms with Gasteiger partial charge in [0.05, 0.1) is 34.6 Å². The largest absolute Gasteiger partial charge is 0.321 e. The minimum atomic E-state index is -0.200. The standard InChI is InChI=1S/C22H19N5O2S2/c1-14-19(30-12-24-14)21(28)26-16-6-8-18(9-7-16)27(11-17-5-3-4-10-23-17)22(29)20-15(2)25-13-31-20/h3-10,12-13H,11H2,1-2H3,(H,26,28). The SMILES string of the molecule is Cc1ncsc1C(=O)Nc1ccc(N(Cc2ccccn2)C(=O)c2scnc2C)cc1. The lowest BCUT2D eigenvalue weighted by Crippen LogP contribution is -2.30. The van der Waals surface area contributed by atoms with Crippen LogP contribution in [-0.4, -0.2) is 26.8 Å². The van der Waals surface area contributed by atoms with E-state index in [9.17, 15) is 9.59 Å². The van der Waals surface area contributed by atoms with Crippen molar-refractivity contribution in [3.05, 3.63) is 86.5 Å². The zero-order valence-corrected chi connectivity index (χ0v) is 18.5. The molecule has 0 aliphatic heterocycles. The van der Waals surface area contributed by atoms with Gasteiger partial charge in [-0.2, -0.15) is 0 Å². The van der Waals surface area contributed by atoms with Crippen LogP contribution in [0.3, 0.4) is 0 Å². The van der Waals surface area contributed by atoms with Crippen molar-refractivity contribution in [1.82, 2.24) is 15.0 Å². The van der Waals surface area contributed by atoms with Crippen molar-refractivity contribution in [2.75, 3.05) is 10.2 Å². The van der Waals surface area contributed by atoms with Gasteiger partial charge in [0.1, 0.15) is 9.75 Å². The van der Waals surface area contributed by atoms with Crippen LogP contribution in [0.4, 0.5) is 11.4 Å². The number of pyridine rings is 1. The van der Waals surface area contributed by atoms with Gasteiger partial charge < -0.3 is 10.2 Å². The summed E-state index contributed by atoms with van der Waals surface area (Å²) < 4.78 is 0. The first-order valence-corrected chi connectivity index (χ1v) is 11.2. The number of amides is 2. The van der Waals surface area contributed by atoms with Gasteiger partial charge in [-0.15, -0.1) is 22.7 Å². The maximum atomic E-state index is 13.3. The maximum Gasteiger partial charge on any atom is 0.270 e. The second kappa shape index (κ2) is 9.15. The van der Waals surface area contributed by atoms with Crippen molar-refractivity contribution < 1.29 is 9.59 Å². The maximum absolute atomic E-state index is 13.3. The Balaban J connectivity index is 1.59. The van der Waals surface area contributed by atoms with Crippen LogP contribution in [0.25, 0.3) is 0 Å². The fourth-order valence-electron chi connectivity index (χ4n) is 3.00. The molecule has 4 aromatic rings. The Hall–Kier alpha value is -3.43. The van der Waals surface area contributed by atoms with Crippen molar-refractivity contribution in [3.8, 4) is 0 Å². The van der Waals surface area contributed by atoms with E-state index in [1.807, 2.05) is 37.3 Å². The number of rotatable bonds is 6. The number of aryl methyl sites for hydroxylation is 2. The Bertz CT molecular complexity index is 1200. The fourth-order valence-corrected chi connectivity index (χ4v) is 4.44. The van der Waals surface area contributed by atoms with E-state index in [0.29, 0.717) is 39.1 Å². The number of thiazole rings is 2. The van der Waals surface area contributed by atoms with E-state index in [-0.39, 0.29) is 11.8 Å². The van der Waals surface area contributed by atoms with Crippen LogP contribution in [0.5, 0.6) is 0 Å². The number of aromatic nitrogens is 3. The second-order valence-electron chi connectivity index (χ2n) is 6.75. The summed E-state index contributed by atoms with van der Waals surface area (Å²) in [4.78, 5) is 41.2. The lowest BCUT2D eigenvalue weighted by molar-refractivity contribution is 0.0986. The molecule has 0 unspecified atom stereocenters. The fraction of sp³-hybridized carbons (Fsp3) is 0.136. The molecule has 0 bridgehead atoms. The second-order valence-corrected chi connectivity index (χ2v) is 8.46. The van der Waals surface area contributed by atoms with Gasteiger partial charge in [-0.3, -0.25) is 14.6 Å². The Morgan fingerprint density at radius 1 is 0.903 bits per heavy atom. The number of benzene rings is 1. The van der Waals surface area contributed by atoms with E-state index in [2.05, 4.69) is 20.3 Å². The highest BCUT2D eigenvalue weighted by Gasteiger charge is 2.22. The summed E-state index contributed by atoms with van der Waals surface area (Å²) in [5.74, 6) is -0.336. The molecule has 156 valence electrons. The van der Waals surface area contributed by atoms with E-state index in [4.69, 9.17) is 0 Å². The minimum Gasteiger partial charge on any atom is -0.321 e. The molecular weight excluding hydrogens is 430 g/mol. The Labute approximate surface area is 187 Å². The molecule has 0 atom stereocenters. The minimum absolute atomic E-state index is 0.136. The van der Waals surface area contributed by atoms with E-state index in [1.54, 1.807) is 41.2 Å². The van der Waals surface area contributed by atoms with Crippen molar-refractivity contribution in [3.63, 3.8) is 0 Å². The molecule has 1 N–H and O–H groups in total. The average Bonchev–Trinajstić information content (AvgIpc) is 3.41. The summed E-state index contributed by atoms with van der Waals surface area (Å²) >= 11 is 2.62. The van der Waals surface area contributed by atoms with Crippen LogP contribution >= 0.6 is 22.7 Å². The highest BCUT2D eigenvalue weighted by molar-refractivity contribution is 7.12. The molecule has 3 aromatic heterocycles. The zero-order valence-electron chi connectivity index (χ0n) is 16.9. The predicted molar refractivity (Wildman–Crippen MR) is 123 cm³/mol. The third-order valence-corrected chi connectivity index (χ3v) is 6.46. The molecule has 4 rings (SSSR count). The van der Waals surface area contributed by atoms with Crippen LogP contribution in [-0.2, 0) is 6.54 Å². The summed E-state index contributed by atoms with van der Waals surface area (Å²) in [6.07, 6.45) is 1.70. The molecule has 0 saturated carbocycles. The highest BCUT2D eigenvalue weighted by atomic mass is 32.1. The van der Waals surface area contributed by atoms with Crippen LogP contribution in [0.1, 0.15) is 36.4 Å². The van der Waals surface area contributed by atoms with E-state index < -0.39 is 0 Å². The molecule has 1 aromatic carbocycles. The molecule has 0 radical (unpaired) electrons. The first-order valence-electron chi connectivity index (χ1n) is 9.46. The molecule has 0 aliphatic carbocycles. The molecule has 3 heterocycles. The summed E-state index contributed by atoms with van der Waals surface area (Å²) in [6.45, 7) is 3.95. The average molecular weight is 450 g/mol. The van der Waals surface area contributed by atoms with Gasteiger partial charge in [0.2, 0.25) is 0 Å². The summed E-state index contributed by atoms with van der Waals surface area (Å²) in [6, 6.07) is 12.8. The molecule has 0 fully saturated rings. The smallest absolute Gasteiger partial charge is 0.270 e. The molecule has 2 amide bonds. The lowest BCUT2D eigenvalue weighted by Gasteiger charge is -2.22. The molecule has 0 aliphatic rings. The normalized spacial score (nSPS) is 10.6. The van der Waals surface area contributed by atoms with Gasteiger partial charge in [-0.25, -0.2) is 9.97 Å². The third kappa shape index (κ3) is 4.68. The Morgan fingerprint density at radius 2 is 1.58 bits per heavy atom. The van der Waals surface area contributed by atoms with Gasteiger partial charge in [-0.1, -0.05) is 6.07 Å². The van der Waals surface area contributed by atoms with Crippen molar-refractivity contribution in [2.24, 2.45) is 0 Å². The van der Waals surface area contributed by atoms with Crippen molar-refractivity contribution >= 4 is 45.9 Å². The third-order valence-electron chi connectivity index (χ3n) is 4.62. The van der Waals surface area contributed by atoms with Gasteiger partial charge in [0, 0.05) is 17.6 Å². The lowest BCUT2D eigenvalue weighted by atomic mass is 10.2. The first kappa shape index (κ1) is 20.8. The quantitative estimate of drug-likeness (QED) is 0.461. The van der Waals surface area contributed by atoms with Gasteiger partial charge in [0.25, 0.3) is 11.8 Å². The molecule has 7 nitrogen and oxygen atoms in total. The summed E-state index contributed by atoms with van der Waals surface area (Å²) in [5.41, 5.74) is 6.83. The van der Waals surface area contributed by atoms with E-state index in [0.717, 1.165) is 5.69 Å². The van der Waals surface area contributed by atoms with Gasteiger partial charge in [-0.05, 0) is 50.2 Å². The van der Waals surface area contributed by atoms with Crippen molar-refractivity contribution in [1.29, 1.82) is 0 Å². The number of nitrogens with zero attached hydrogens (tertiary/aromatic N) is 4. The van der Waals surface area contributed by atoms with Gasteiger partial charge >= 0.3 is 0 Å². The number of anilines is 2. The number of nitrogens with one attached hydrogen (secondary N) is 1. The van der Waals surface area contributed by atoms with Crippen molar-refractivity contribution in [2.45, 2.75) is 20.4 Å². The molecule has 31 heavy (non-hydrogen) atoms. The number of hydrogen-bond acceptors (Lipinski definition) is 7. The highest BCUT2D eigenvalue weighted by Crippen LogP contribution is 2.25. The topological polar surface area (TPSA) is 88.1 Å². The Kier molecular flexibility index (Phi) is 6.15. The van der Waals surface area contributed by atoms with Crippen LogP contribution in [0, 0.1) is 13.8 Å². The summed E-state index contributed by atoms with van der Waals surface area (Å²) in [5, 5.41) is 2.87. The number of carbonyl (C=O) groups is 2. The van der Waals surface area contributed by atoms with Gasteiger partial charge in [0.15, 0.2) is 0 Å². The molecule has 0 saturated heterocycles. The number of carbonyl (C=O) groups excluding carboxylic acids is 2. The van der Waals surface area contributed by atoms with E-state index >= 15 is 0 Å².